The van der Waals surface area contributed by atoms with Crippen LogP contribution in [0.4, 0.5) is 0 Å². The van der Waals surface area contributed by atoms with Gasteiger partial charge in [-0.3, -0.25) is 0 Å². The molecule has 144 valence electrons. The SMILES string of the molecule is CC1=CC=C=C[CH]1.CC1=CC=C=C[CH]1.CN(C)Cc1[c]cccc1.[Cl-].[Cl-].[Sb]. The summed E-state index contributed by atoms with van der Waals surface area (Å²) in [6.07, 6.45) is 15.8. The van der Waals surface area contributed by atoms with Crippen molar-refractivity contribution in [2.45, 2.75) is 20.4 Å². The van der Waals surface area contributed by atoms with E-state index in [-0.39, 0.29) is 49.2 Å². The van der Waals surface area contributed by atoms with Gasteiger partial charge in [0.1, 0.15) is 0 Å². The van der Waals surface area contributed by atoms with Crippen molar-refractivity contribution in [1.82, 2.24) is 4.90 Å². The molecule has 0 aliphatic heterocycles. The van der Waals surface area contributed by atoms with Gasteiger partial charge in [-0.15, -0.1) is 11.5 Å². The van der Waals surface area contributed by atoms with E-state index in [4.69, 9.17) is 0 Å². The van der Waals surface area contributed by atoms with Crippen molar-refractivity contribution in [2.24, 2.45) is 0 Å². The maximum absolute atomic E-state index is 3.16. The molecule has 0 spiro atoms. The second-order valence-corrected chi connectivity index (χ2v) is 5.78. The average Bonchev–Trinajstić information content (AvgIpc) is 2.58. The Balaban J connectivity index is -0.000000309. The van der Waals surface area contributed by atoms with Gasteiger partial charge in [0.05, 0.1) is 0 Å². The Morgan fingerprint density at radius 2 is 1.33 bits per heavy atom. The normalized spacial score (nSPS) is 12.6. The summed E-state index contributed by atoms with van der Waals surface area (Å²) in [4.78, 5) is 2.13. The third kappa shape index (κ3) is 18.2. The van der Waals surface area contributed by atoms with Crippen LogP contribution < -0.4 is 24.8 Å². The Kier molecular flexibility index (Phi) is 22.7. The van der Waals surface area contributed by atoms with Crippen LogP contribution in [-0.4, -0.2) is 43.4 Å². The maximum atomic E-state index is 3.16. The van der Waals surface area contributed by atoms with Crippen molar-refractivity contribution >= 4 is 24.4 Å². The molecular formula is C23H26Cl2NSb-2. The molecule has 0 atom stereocenters. The van der Waals surface area contributed by atoms with Crippen molar-refractivity contribution in [3.05, 3.63) is 108 Å². The molecule has 0 saturated heterocycles. The van der Waals surface area contributed by atoms with Crippen LogP contribution in [0.5, 0.6) is 0 Å². The van der Waals surface area contributed by atoms with E-state index in [1.807, 2.05) is 67.5 Å². The third-order valence-corrected chi connectivity index (χ3v) is 3.03. The fourth-order valence-electron chi connectivity index (χ4n) is 1.81. The Morgan fingerprint density at radius 1 is 0.815 bits per heavy atom. The molecule has 0 amide bonds. The number of rotatable bonds is 2. The summed E-state index contributed by atoms with van der Waals surface area (Å²) in [5.74, 6) is 0. The maximum Gasteiger partial charge on any atom is 0.0233 e. The smallest absolute Gasteiger partial charge is 0.0233 e. The van der Waals surface area contributed by atoms with E-state index in [2.05, 4.69) is 56.4 Å². The van der Waals surface area contributed by atoms with Gasteiger partial charge in [-0.05, 0) is 63.9 Å². The number of allylic oxidation sites excluding steroid dienone is 6. The van der Waals surface area contributed by atoms with E-state index in [1.165, 1.54) is 16.7 Å². The summed E-state index contributed by atoms with van der Waals surface area (Å²) >= 11 is 0. The van der Waals surface area contributed by atoms with Crippen LogP contribution in [0.3, 0.4) is 0 Å². The van der Waals surface area contributed by atoms with Gasteiger partial charge in [-0.2, -0.15) is 0 Å². The zero-order valence-corrected chi connectivity index (χ0v) is 20.4. The van der Waals surface area contributed by atoms with Crippen LogP contribution in [0.15, 0.2) is 83.3 Å². The number of halogens is 2. The second-order valence-electron chi connectivity index (χ2n) is 5.78. The van der Waals surface area contributed by atoms with Gasteiger partial charge in [0, 0.05) is 43.8 Å². The van der Waals surface area contributed by atoms with E-state index in [0.29, 0.717) is 0 Å². The summed E-state index contributed by atoms with van der Waals surface area (Å²) in [6, 6.07) is 11.2. The standard InChI is InChI=1S/C9H12N.2C7H7.2ClH.Sb/c1-10(2)8-9-6-4-3-5-7-9;2*1-7-5-3-2-4-6-7;;;/h3-6H,8H2,1-2H3;2*3-6H,1H3;2*1H;/p-2. The molecule has 2 aliphatic carbocycles. The molecule has 0 heterocycles. The third-order valence-electron chi connectivity index (χ3n) is 3.03. The van der Waals surface area contributed by atoms with Crippen LogP contribution >= 0.6 is 0 Å². The van der Waals surface area contributed by atoms with Gasteiger partial charge in [-0.25, -0.2) is 0 Å². The molecule has 3 rings (SSSR count). The van der Waals surface area contributed by atoms with Crippen LogP contribution in [-0.2, 0) is 6.54 Å². The molecule has 6 radical (unpaired) electrons. The first-order valence-corrected chi connectivity index (χ1v) is 8.03. The topological polar surface area (TPSA) is 3.24 Å². The fourth-order valence-corrected chi connectivity index (χ4v) is 1.81. The van der Waals surface area contributed by atoms with E-state index < -0.39 is 0 Å². The molecule has 1 aromatic carbocycles. The quantitative estimate of drug-likeness (QED) is 0.362. The average molecular weight is 509 g/mol. The first kappa shape index (κ1) is 30.8. The second kappa shape index (κ2) is 19.8. The van der Waals surface area contributed by atoms with E-state index in [0.717, 1.165) is 6.54 Å². The molecule has 0 N–H and O–H groups in total. The van der Waals surface area contributed by atoms with Gasteiger partial charge in [0.2, 0.25) is 0 Å². The number of benzene rings is 1. The van der Waals surface area contributed by atoms with Gasteiger partial charge >= 0.3 is 0 Å². The van der Waals surface area contributed by atoms with E-state index in [9.17, 15) is 0 Å². The Hall–Kier alpha value is -0.902. The van der Waals surface area contributed by atoms with Crippen molar-refractivity contribution in [1.29, 1.82) is 0 Å². The predicted octanol–water partition coefficient (Wildman–Crippen LogP) is -1.10. The van der Waals surface area contributed by atoms with Crippen molar-refractivity contribution in [3.8, 4) is 0 Å². The molecule has 0 fully saturated rings. The minimum atomic E-state index is 0. The first-order chi connectivity index (χ1) is 11.6. The molecule has 1 nitrogen and oxygen atoms in total. The Morgan fingerprint density at radius 3 is 1.59 bits per heavy atom. The number of hydrogen-bond acceptors (Lipinski definition) is 1. The first-order valence-electron chi connectivity index (χ1n) is 8.03. The van der Waals surface area contributed by atoms with Crippen LogP contribution in [0.25, 0.3) is 0 Å². The minimum Gasteiger partial charge on any atom is -1.00 e. The molecule has 0 aromatic heterocycles. The predicted molar refractivity (Wildman–Crippen MR) is 110 cm³/mol. The number of nitrogens with zero attached hydrogens (tertiary/aromatic N) is 1. The molecular weight excluding hydrogens is 483 g/mol. The van der Waals surface area contributed by atoms with Crippen molar-refractivity contribution < 1.29 is 24.8 Å². The molecule has 2 aliphatic rings. The summed E-state index contributed by atoms with van der Waals surface area (Å²) in [5, 5.41) is 0. The molecule has 0 bridgehead atoms. The van der Waals surface area contributed by atoms with E-state index >= 15 is 0 Å². The fraction of sp³-hybridized carbons (Fsp3) is 0.217. The molecule has 0 unspecified atom stereocenters. The van der Waals surface area contributed by atoms with Crippen LogP contribution in [0.2, 0.25) is 0 Å². The molecule has 0 saturated carbocycles. The number of hydrogen-bond donors (Lipinski definition) is 0. The van der Waals surface area contributed by atoms with Gasteiger partial charge in [-0.1, -0.05) is 47.6 Å². The van der Waals surface area contributed by atoms with Crippen LogP contribution in [0, 0.1) is 18.9 Å². The summed E-state index contributed by atoms with van der Waals surface area (Å²) in [7, 11) is 4.11. The van der Waals surface area contributed by atoms with Gasteiger partial charge < -0.3 is 29.7 Å². The molecule has 27 heavy (non-hydrogen) atoms. The zero-order valence-electron chi connectivity index (χ0n) is 16.3. The summed E-state index contributed by atoms with van der Waals surface area (Å²) in [5.41, 5.74) is 9.69. The summed E-state index contributed by atoms with van der Waals surface area (Å²) < 4.78 is 0. The molecule has 4 heteroatoms. The largest absolute Gasteiger partial charge is 1.00 e. The zero-order chi connectivity index (χ0) is 17.6. The Labute approximate surface area is 195 Å². The molecule has 1 aromatic rings. The monoisotopic (exact) mass is 507 g/mol. The minimum absolute atomic E-state index is 0. The van der Waals surface area contributed by atoms with Gasteiger partial charge in [0.15, 0.2) is 0 Å². The van der Waals surface area contributed by atoms with Crippen molar-refractivity contribution in [3.63, 3.8) is 0 Å². The summed E-state index contributed by atoms with van der Waals surface area (Å²) in [6.45, 7) is 5.10. The van der Waals surface area contributed by atoms with Gasteiger partial charge in [0.25, 0.3) is 0 Å². The van der Waals surface area contributed by atoms with E-state index in [1.54, 1.807) is 0 Å². The Bertz CT molecular complexity index is 638. The van der Waals surface area contributed by atoms with Crippen molar-refractivity contribution in [2.75, 3.05) is 14.1 Å². The van der Waals surface area contributed by atoms with Crippen LogP contribution in [0.1, 0.15) is 19.4 Å².